The molecule has 1 heterocycles. The second-order valence-electron chi connectivity index (χ2n) is 6.09. The number of nitro groups is 1. The van der Waals surface area contributed by atoms with Gasteiger partial charge in [-0.15, -0.1) is 0 Å². The van der Waals surface area contributed by atoms with Gasteiger partial charge < -0.3 is 9.64 Å². The van der Waals surface area contributed by atoms with Gasteiger partial charge in [-0.1, -0.05) is 24.3 Å². The average molecular weight is 368 g/mol. The summed E-state index contributed by atoms with van der Waals surface area (Å²) in [6, 6.07) is 13.8. The van der Waals surface area contributed by atoms with Crippen molar-refractivity contribution in [3.63, 3.8) is 0 Å². The van der Waals surface area contributed by atoms with Crippen LogP contribution in [0.2, 0.25) is 0 Å². The first-order valence-electron chi connectivity index (χ1n) is 8.66. The van der Waals surface area contributed by atoms with Crippen LogP contribution >= 0.6 is 0 Å². The third kappa shape index (κ3) is 5.04. The predicted molar refractivity (Wildman–Crippen MR) is 102 cm³/mol. The molecule has 1 aliphatic rings. The Kier molecular flexibility index (Phi) is 5.98. The molecule has 8 nitrogen and oxygen atoms in total. The van der Waals surface area contributed by atoms with E-state index in [4.69, 9.17) is 4.74 Å². The monoisotopic (exact) mass is 368 g/mol. The Morgan fingerprint density at radius 3 is 2.59 bits per heavy atom. The fourth-order valence-corrected chi connectivity index (χ4v) is 2.83. The number of hydrogen-bond acceptors (Lipinski definition) is 6. The van der Waals surface area contributed by atoms with Crippen molar-refractivity contribution in [2.24, 2.45) is 5.10 Å². The fourth-order valence-electron chi connectivity index (χ4n) is 2.83. The number of nitrogens with zero attached hydrogens (tertiary/aromatic N) is 3. The quantitative estimate of drug-likeness (QED) is 0.460. The zero-order valence-electron chi connectivity index (χ0n) is 14.7. The molecule has 1 aliphatic heterocycles. The smallest absolute Gasteiger partial charge is 0.310 e. The molecule has 1 fully saturated rings. The second-order valence-corrected chi connectivity index (χ2v) is 6.09. The second kappa shape index (κ2) is 8.79. The summed E-state index contributed by atoms with van der Waals surface area (Å²) in [6.07, 6.45) is 3.99. The highest BCUT2D eigenvalue weighted by Gasteiger charge is 2.14. The van der Waals surface area contributed by atoms with E-state index in [1.807, 2.05) is 24.3 Å². The summed E-state index contributed by atoms with van der Waals surface area (Å²) in [5.41, 5.74) is 4.20. The molecule has 0 radical (unpaired) electrons. The fraction of sp³-hybridized carbons (Fsp3) is 0.263. The Bertz CT molecular complexity index is 830. The summed E-state index contributed by atoms with van der Waals surface area (Å²) in [5.74, 6) is -0.461. The first-order chi connectivity index (χ1) is 13.1. The molecule has 0 atom stereocenters. The average Bonchev–Trinajstić information content (AvgIpc) is 3.22. The van der Waals surface area contributed by atoms with Crippen LogP contribution in [-0.4, -0.2) is 36.7 Å². The van der Waals surface area contributed by atoms with E-state index < -0.39 is 10.8 Å². The molecular weight excluding hydrogens is 348 g/mol. The van der Waals surface area contributed by atoms with E-state index in [2.05, 4.69) is 15.4 Å². The van der Waals surface area contributed by atoms with Gasteiger partial charge in [-0.25, -0.2) is 5.43 Å². The third-order valence-corrected chi connectivity index (χ3v) is 4.19. The summed E-state index contributed by atoms with van der Waals surface area (Å²) in [5, 5.41) is 14.8. The van der Waals surface area contributed by atoms with Gasteiger partial charge in [0.05, 0.1) is 11.1 Å². The first kappa shape index (κ1) is 18.4. The third-order valence-electron chi connectivity index (χ3n) is 4.19. The van der Waals surface area contributed by atoms with Gasteiger partial charge in [-0.05, 0) is 36.6 Å². The van der Waals surface area contributed by atoms with E-state index in [0.717, 1.165) is 18.7 Å². The molecule has 3 rings (SSSR count). The zero-order valence-corrected chi connectivity index (χ0v) is 14.7. The lowest BCUT2D eigenvalue weighted by Crippen LogP contribution is -2.24. The highest BCUT2D eigenvalue weighted by molar-refractivity contribution is 5.83. The lowest BCUT2D eigenvalue weighted by Gasteiger charge is -2.17. The molecule has 2 aromatic carbocycles. The van der Waals surface area contributed by atoms with E-state index in [1.165, 1.54) is 42.9 Å². The Balaban J connectivity index is 1.48. The SMILES string of the molecule is O=C(COc1ccccc1[N+](=O)[O-])NN=Cc1ccc(N2CCCC2)cc1. The number of hydrazone groups is 1. The van der Waals surface area contributed by atoms with Crippen LogP contribution in [0.4, 0.5) is 11.4 Å². The molecule has 1 saturated heterocycles. The van der Waals surface area contributed by atoms with Gasteiger partial charge in [-0.3, -0.25) is 14.9 Å². The van der Waals surface area contributed by atoms with Crippen LogP contribution in [0.1, 0.15) is 18.4 Å². The topological polar surface area (TPSA) is 97.1 Å². The molecule has 1 N–H and O–H groups in total. The van der Waals surface area contributed by atoms with Crippen molar-refractivity contribution >= 4 is 23.5 Å². The normalized spacial score (nSPS) is 13.7. The molecular formula is C19H20N4O4. The van der Waals surface area contributed by atoms with Crippen LogP contribution in [0.3, 0.4) is 0 Å². The van der Waals surface area contributed by atoms with Crippen LogP contribution in [0.5, 0.6) is 5.75 Å². The number of carbonyl (C=O) groups is 1. The summed E-state index contributed by atoms with van der Waals surface area (Å²) in [7, 11) is 0. The number of para-hydroxylation sites is 2. The maximum atomic E-state index is 11.8. The van der Waals surface area contributed by atoms with E-state index in [1.54, 1.807) is 6.07 Å². The molecule has 140 valence electrons. The highest BCUT2D eigenvalue weighted by Crippen LogP contribution is 2.25. The number of carbonyl (C=O) groups excluding carboxylic acids is 1. The Hall–Kier alpha value is -3.42. The predicted octanol–water partition coefficient (Wildman–Crippen LogP) is 2.72. The number of rotatable bonds is 7. The standard InChI is InChI=1S/C19H20N4O4/c24-19(14-27-18-6-2-1-5-17(18)23(25)26)21-20-13-15-7-9-16(10-8-15)22-11-3-4-12-22/h1-2,5-10,13H,3-4,11-12,14H2,(H,21,24). The van der Waals surface area contributed by atoms with Crippen molar-refractivity contribution in [2.75, 3.05) is 24.6 Å². The van der Waals surface area contributed by atoms with Crippen LogP contribution < -0.4 is 15.1 Å². The van der Waals surface area contributed by atoms with Crippen LogP contribution in [0.25, 0.3) is 0 Å². The van der Waals surface area contributed by atoms with Gasteiger partial charge in [0.1, 0.15) is 0 Å². The van der Waals surface area contributed by atoms with Gasteiger partial charge >= 0.3 is 5.69 Å². The number of benzene rings is 2. The lowest BCUT2D eigenvalue weighted by molar-refractivity contribution is -0.385. The summed E-state index contributed by atoms with van der Waals surface area (Å²) in [4.78, 5) is 24.5. The number of nitrogens with one attached hydrogen (secondary N) is 1. The maximum absolute atomic E-state index is 11.8. The van der Waals surface area contributed by atoms with Crippen molar-refractivity contribution < 1.29 is 14.5 Å². The molecule has 0 bridgehead atoms. The zero-order chi connectivity index (χ0) is 19.1. The molecule has 0 spiro atoms. The van der Waals surface area contributed by atoms with Crippen LogP contribution in [0, 0.1) is 10.1 Å². The molecule has 0 unspecified atom stereocenters. The van der Waals surface area contributed by atoms with Crippen molar-refractivity contribution in [1.82, 2.24) is 5.43 Å². The summed E-state index contributed by atoms with van der Waals surface area (Å²) in [6.45, 7) is 1.81. The van der Waals surface area contributed by atoms with Crippen LogP contribution in [0.15, 0.2) is 53.6 Å². The van der Waals surface area contributed by atoms with Crippen LogP contribution in [-0.2, 0) is 4.79 Å². The van der Waals surface area contributed by atoms with E-state index in [9.17, 15) is 14.9 Å². The number of nitro benzene ring substituents is 1. The minimum absolute atomic E-state index is 0.0409. The molecule has 1 amide bonds. The Labute approximate surface area is 156 Å². The largest absolute Gasteiger partial charge is 0.477 e. The van der Waals surface area contributed by atoms with E-state index >= 15 is 0 Å². The van der Waals surface area contributed by atoms with Crippen molar-refractivity contribution in [3.05, 3.63) is 64.2 Å². The first-order valence-corrected chi connectivity index (χ1v) is 8.66. The highest BCUT2D eigenvalue weighted by atomic mass is 16.6. The Morgan fingerprint density at radius 2 is 1.89 bits per heavy atom. The van der Waals surface area contributed by atoms with Gasteiger partial charge in [0.2, 0.25) is 0 Å². The number of anilines is 1. The number of amides is 1. The molecule has 0 saturated carbocycles. The van der Waals surface area contributed by atoms with Crippen molar-refractivity contribution in [3.8, 4) is 5.75 Å². The van der Waals surface area contributed by atoms with Crippen molar-refractivity contribution in [2.45, 2.75) is 12.8 Å². The molecule has 0 aliphatic carbocycles. The minimum atomic E-state index is -0.558. The number of ether oxygens (including phenoxy) is 1. The Morgan fingerprint density at radius 1 is 1.19 bits per heavy atom. The van der Waals surface area contributed by atoms with E-state index in [0.29, 0.717) is 0 Å². The maximum Gasteiger partial charge on any atom is 0.310 e. The van der Waals surface area contributed by atoms with Gasteiger partial charge in [0.25, 0.3) is 5.91 Å². The minimum Gasteiger partial charge on any atom is -0.477 e. The summed E-state index contributed by atoms with van der Waals surface area (Å²) < 4.78 is 5.20. The van der Waals surface area contributed by atoms with Gasteiger partial charge in [0.15, 0.2) is 12.4 Å². The molecule has 27 heavy (non-hydrogen) atoms. The van der Waals surface area contributed by atoms with Gasteiger partial charge in [0, 0.05) is 24.8 Å². The van der Waals surface area contributed by atoms with Crippen molar-refractivity contribution in [1.29, 1.82) is 0 Å². The van der Waals surface area contributed by atoms with E-state index in [-0.39, 0.29) is 18.0 Å². The summed E-state index contributed by atoms with van der Waals surface area (Å²) >= 11 is 0. The molecule has 0 aromatic heterocycles. The molecule has 2 aromatic rings. The molecule has 8 heteroatoms. The van der Waals surface area contributed by atoms with Gasteiger partial charge in [-0.2, -0.15) is 5.10 Å². The number of hydrogen-bond donors (Lipinski definition) is 1. The lowest BCUT2D eigenvalue weighted by atomic mass is 10.2.